The van der Waals surface area contributed by atoms with Crippen molar-refractivity contribution in [2.75, 3.05) is 33.0 Å². The molecule has 4 saturated carbocycles. The Balaban J connectivity index is 0.758. The van der Waals surface area contributed by atoms with Crippen molar-refractivity contribution >= 4 is 41.8 Å². The minimum Gasteiger partial charge on any atom is -0.493 e. The highest BCUT2D eigenvalue weighted by Gasteiger charge is 2.38. The number of hydrogen-bond acceptors (Lipinski definition) is 15. The summed E-state index contributed by atoms with van der Waals surface area (Å²) in [5, 5.41) is 0. The molecule has 4 aliphatic rings. The van der Waals surface area contributed by atoms with Crippen molar-refractivity contribution in [3.63, 3.8) is 0 Å². The van der Waals surface area contributed by atoms with Crippen LogP contribution in [0, 0.1) is 82.9 Å². The lowest BCUT2D eigenvalue weighted by Gasteiger charge is -2.36. The van der Waals surface area contributed by atoms with E-state index >= 15 is 0 Å². The molecular formula is C95H110O15. The van der Waals surface area contributed by atoms with Crippen LogP contribution in [0.4, 0.5) is 0 Å². The molecule has 15 nitrogen and oxygen atoms in total. The quantitative estimate of drug-likeness (QED) is 0.00942. The van der Waals surface area contributed by atoms with Crippen LogP contribution in [-0.2, 0) is 52.4 Å². The maximum absolute atomic E-state index is 13.9. The van der Waals surface area contributed by atoms with Gasteiger partial charge in [-0.05, 0) is 287 Å². The third-order valence-corrected chi connectivity index (χ3v) is 21.5. The van der Waals surface area contributed by atoms with E-state index in [1.165, 1.54) is 51.4 Å². The standard InChI is InChI=1S/C95H110O15/c1-5-9-14-20-70-41-53-86(54-42-70)108-93(101)84-52-57-87(109-92(100)81-48-46-80(47-49-81)91(99)105-66-17-12-11-16-64-103-88(96)7-3)83(68-84)45-38-76-32-30-74(31-33-76)27-26-72-22-24-73(25-23-72)28-29-75-34-36-77(37-35-75)60-63-95(61-58-71(59-62-95)21-15-10-6-2)110-94(102)82-50-55-85(56-51-82)107-69-78-39-43-79(44-40-78)90(98)106-67-19-13-18-65-104-89(97)8-4/h7-8,22-25,30-37,50-52,55-57,68,70-71,78-81,86H,3-6,9-21,39-44,46-49,53-54,58-59,61-62,64-67,69H2,1-2H3. The van der Waals surface area contributed by atoms with Gasteiger partial charge in [0.15, 0.2) is 5.60 Å². The van der Waals surface area contributed by atoms with Gasteiger partial charge in [0.1, 0.15) is 17.6 Å². The van der Waals surface area contributed by atoms with Crippen LogP contribution in [0.3, 0.4) is 0 Å². The summed E-state index contributed by atoms with van der Waals surface area (Å²) in [4.78, 5) is 89.6. The minimum absolute atomic E-state index is 0.107. The summed E-state index contributed by atoms with van der Waals surface area (Å²) in [7, 11) is 0. The number of benzene rings is 5. The summed E-state index contributed by atoms with van der Waals surface area (Å²) in [6.07, 6.45) is 29.4. The molecule has 110 heavy (non-hydrogen) atoms. The highest BCUT2D eigenvalue weighted by atomic mass is 16.6. The fourth-order valence-corrected chi connectivity index (χ4v) is 14.6. The fraction of sp³-hybridized carbons (Fsp3) is 0.484. The van der Waals surface area contributed by atoms with E-state index in [0.29, 0.717) is 130 Å². The van der Waals surface area contributed by atoms with E-state index in [0.717, 1.165) is 136 Å². The Morgan fingerprint density at radius 2 is 0.818 bits per heavy atom. The zero-order valence-corrected chi connectivity index (χ0v) is 64.7. The van der Waals surface area contributed by atoms with Gasteiger partial charge >= 0.3 is 41.8 Å². The lowest BCUT2D eigenvalue weighted by atomic mass is 9.77. The van der Waals surface area contributed by atoms with Crippen molar-refractivity contribution in [1.82, 2.24) is 0 Å². The topological polar surface area (TPSA) is 193 Å². The lowest BCUT2D eigenvalue weighted by molar-refractivity contribution is -0.152. The first-order valence-electron chi connectivity index (χ1n) is 40.5. The van der Waals surface area contributed by atoms with Gasteiger partial charge < -0.3 is 37.9 Å². The molecule has 15 heteroatoms. The molecule has 0 N–H and O–H groups in total. The molecule has 0 saturated heterocycles. The zero-order valence-electron chi connectivity index (χ0n) is 64.7. The number of unbranched alkanes of at least 4 members (excludes halogenated alkanes) is 9. The molecule has 9 rings (SSSR count). The van der Waals surface area contributed by atoms with Gasteiger partial charge in [0.05, 0.1) is 67.5 Å². The molecule has 0 atom stereocenters. The molecule has 580 valence electrons. The molecule has 5 aromatic rings. The molecule has 4 fully saturated rings. The molecule has 0 unspecified atom stereocenters. The van der Waals surface area contributed by atoms with Gasteiger partial charge in [-0.25, -0.2) is 19.2 Å². The number of ether oxygens (including phenoxy) is 8. The Hall–Kier alpha value is -10.1. The van der Waals surface area contributed by atoms with Crippen LogP contribution in [0.15, 0.2) is 141 Å². The van der Waals surface area contributed by atoms with Crippen LogP contribution in [-0.4, -0.2) is 86.5 Å². The Labute approximate surface area is 652 Å². The van der Waals surface area contributed by atoms with Crippen molar-refractivity contribution in [3.05, 3.63) is 191 Å². The summed E-state index contributed by atoms with van der Waals surface area (Å²) in [6, 6.07) is 35.2. The maximum Gasteiger partial charge on any atom is 0.339 e. The molecule has 0 radical (unpaired) electrons. The predicted octanol–water partition coefficient (Wildman–Crippen LogP) is 19.1. The smallest absolute Gasteiger partial charge is 0.339 e. The number of rotatable bonds is 34. The van der Waals surface area contributed by atoms with Crippen LogP contribution in [0.25, 0.3) is 0 Å². The van der Waals surface area contributed by atoms with Crippen molar-refractivity contribution in [3.8, 4) is 58.9 Å². The van der Waals surface area contributed by atoms with Crippen LogP contribution in [0.2, 0.25) is 0 Å². The van der Waals surface area contributed by atoms with E-state index in [2.05, 4.69) is 74.4 Å². The summed E-state index contributed by atoms with van der Waals surface area (Å²) in [6.45, 7) is 13.1. The highest BCUT2D eigenvalue weighted by molar-refractivity contribution is 5.91. The van der Waals surface area contributed by atoms with Gasteiger partial charge in [0.25, 0.3) is 0 Å². The third kappa shape index (κ3) is 28.7. The van der Waals surface area contributed by atoms with E-state index in [9.17, 15) is 33.6 Å². The molecule has 5 aromatic carbocycles. The summed E-state index contributed by atoms with van der Waals surface area (Å²) < 4.78 is 45.9. The van der Waals surface area contributed by atoms with E-state index in [-0.39, 0.29) is 35.6 Å². The van der Waals surface area contributed by atoms with E-state index in [1.54, 1.807) is 30.3 Å². The molecule has 4 aliphatic carbocycles. The molecular weight excluding hydrogens is 1380 g/mol. The second-order valence-corrected chi connectivity index (χ2v) is 29.9. The van der Waals surface area contributed by atoms with E-state index in [4.69, 9.17) is 37.9 Å². The fourth-order valence-electron chi connectivity index (χ4n) is 14.6. The van der Waals surface area contributed by atoms with E-state index < -0.39 is 41.4 Å². The minimum atomic E-state index is -0.921. The average molecular weight is 1490 g/mol. The molecule has 0 aromatic heterocycles. The van der Waals surface area contributed by atoms with Crippen LogP contribution in [0.1, 0.15) is 273 Å². The van der Waals surface area contributed by atoms with Crippen molar-refractivity contribution in [1.29, 1.82) is 0 Å². The summed E-state index contributed by atoms with van der Waals surface area (Å²) >= 11 is 0. The largest absolute Gasteiger partial charge is 0.493 e. The monoisotopic (exact) mass is 1490 g/mol. The third-order valence-electron chi connectivity index (χ3n) is 21.5. The lowest BCUT2D eigenvalue weighted by Crippen LogP contribution is -2.38. The summed E-state index contributed by atoms with van der Waals surface area (Å²) in [5.41, 5.74) is 5.01. The molecule has 0 bridgehead atoms. The van der Waals surface area contributed by atoms with Gasteiger partial charge in [-0.3, -0.25) is 14.4 Å². The zero-order chi connectivity index (χ0) is 77.6. The summed E-state index contributed by atoms with van der Waals surface area (Å²) in [5.74, 6) is 25.4. The normalized spacial score (nSPS) is 19.9. The van der Waals surface area contributed by atoms with Gasteiger partial charge in [-0.15, -0.1) is 0 Å². The van der Waals surface area contributed by atoms with Gasteiger partial charge in [0, 0.05) is 45.5 Å². The predicted molar refractivity (Wildman–Crippen MR) is 425 cm³/mol. The number of hydrogen-bond donors (Lipinski definition) is 0. The number of carbonyl (C=O) groups excluding carboxylic acids is 7. The van der Waals surface area contributed by atoms with Crippen LogP contribution < -0.4 is 9.47 Å². The van der Waals surface area contributed by atoms with Crippen LogP contribution >= 0.6 is 0 Å². The Bertz CT molecular complexity index is 4090. The van der Waals surface area contributed by atoms with Gasteiger partial charge in [-0.1, -0.05) is 120 Å². The first-order chi connectivity index (χ1) is 53.6. The molecule has 0 aliphatic heterocycles. The Morgan fingerprint density at radius 1 is 0.409 bits per heavy atom. The van der Waals surface area contributed by atoms with Crippen molar-refractivity contribution in [2.45, 2.75) is 225 Å². The Kier molecular flexibility index (Phi) is 34.9. The number of carbonyl (C=O) groups is 7. The molecule has 0 heterocycles. The highest BCUT2D eigenvalue weighted by Crippen LogP contribution is 2.39. The van der Waals surface area contributed by atoms with E-state index in [1.807, 2.05) is 84.9 Å². The number of esters is 7. The Morgan fingerprint density at radius 3 is 1.29 bits per heavy atom. The molecule has 0 spiro atoms. The van der Waals surface area contributed by atoms with Gasteiger partial charge in [-0.2, -0.15) is 0 Å². The van der Waals surface area contributed by atoms with Crippen LogP contribution in [0.5, 0.6) is 11.5 Å². The first-order valence-corrected chi connectivity index (χ1v) is 40.5. The molecule has 0 amide bonds. The maximum atomic E-state index is 13.9. The average Bonchev–Trinajstić information content (AvgIpc) is 0.820. The first kappa shape index (κ1) is 83.9. The van der Waals surface area contributed by atoms with Gasteiger partial charge in [0.2, 0.25) is 0 Å². The van der Waals surface area contributed by atoms with Crippen molar-refractivity contribution in [2.24, 2.45) is 35.5 Å². The second-order valence-electron chi connectivity index (χ2n) is 29.9. The SMILES string of the molecule is C=CC(=O)OCCCCCCOC(=O)C1CCC(C(=O)Oc2ccc(C(=O)OC3CCC(CCCCC)CC3)cc2C#Cc2ccc(C#Cc3ccc(C#Cc4ccc(C#CC5(OC(=O)c6ccc(OCC7CCC(C(=O)OCCCCCOC(=O)C=C)CC7)cc6)CCC(CCCCC)CC5)cc4)cc3)cc2)CC1. The van der Waals surface area contributed by atoms with Crippen molar-refractivity contribution < 1.29 is 71.5 Å². The second kappa shape index (κ2) is 45.8.